The van der Waals surface area contributed by atoms with Gasteiger partial charge in [-0.15, -0.1) is 0 Å². The lowest BCUT2D eigenvalue weighted by molar-refractivity contribution is 0.474. The molecule has 1 N–H and O–H groups in total. The van der Waals surface area contributed by atoms with Crippen molar-refractivity contribution in [2.45, 2.75) is 6.54 Å². The second-order valence-electron chi connectivity index (χ2n) is 3.07. The van der Waals surface area contributed by atoms with E-state index in [-0.39, 0.29) is 10.9 Å². The minimum Gasteiger partial charge on any atom is -0.504 e. The molecule has 0 atom stereocenters. The van der Waals surface area contributed by atoms with Crippen LogP contribution >= 0.6 is 27.5 Å². The Hall–Kier alpha value is -1.000. The van der Waals surface area contributed by atoms with Crippen molar-refractivity contribution in [3.63, 3.8) is 0 Å². The Balaban J connectivity index is 2.30. The number of hydrogen-bond donors (Lipinski definition) is 1. The largest absolute Gasteiger partial charge is 0.504 e. The monoisotopic (exact) mass is 286 g/mol. The predicted octanol–water partition coefficient (Wildman–Crippen LogP) is 3.05. The average Bonchev–Trinajstić information content (AvgIpc) is 2.53. The maximum atomic E-state index is 9.26. The fraction of sp³-hybridized carbons (Fsp3) is 0.100. The molecule has 1 aromatic heterocycles. The van der Waals surface area contributed by atoms with Gasteiger partial charge in [0.2, 0.25) is 0 Å². The van der Waals surface area contributed by atoms with Crippen LogP contribution in [0.2, 0.25) is 5.15 Å². The predicted molar refractivity (Wildman–Crippen MR) is 62.1 cm³/mol. The molecular weight excluding hydrogens is 279 g/mol. The summed E-state index contributed by atoms with van der Waals surface area (Å²) in [5.74, 6) is 0.00344. The molecule has 2 rings (SSSR count). The molecule has 1 heterocycles. The van der Waals surface area contributed by atoms with Gasteiger partial charge in [0, 0.05) is 4.47 Å². The first-order chi connectivity index (χ1) is 7.18. The molecule has 15 heavy (non-hydrogen) atoms. The van der Waals surface area contributed by atoms with Gasteiger partial charge in [-0.1, -0.05) is 45.7 Å². The molecule has 0 amide bonds. The summed E-state index contributed by atoms with van der Waals surface area (Å²) in [5, 5.41) is 13.5. The van der Waals surface area contributed by atoms with Gasteiger partial charge in [0.05, 0.1) is 12.7 Å². The topological polar surface area (TPSA) is 38.1 Å². The molecule has 0 saturated heterocycles. The molecule has 0 aliphatic heterocycles. The third-order valence-electron chi connectivity index (χ3n) is 2.04. The molecule has 78 valence electrons. The summed E-state index contributed by atoms with van der Waals surface area (Å²) >= 11 is 9.28. The van der Waals surface area contributed by atoms with Crippen LogP contribution in [0.4, 0.5) is 0 Å². The molecule has 0 saturated carbocycles. The van der Waals surface area contributed by atoms with Crippen LogP contribution in [0.3, 0.4) is 0 Å². The first-order valence-corrected chi connectivity index (χ1v) is 5.49. The van der Waals surface area contributed by atoms with Crippen LogP contribution in [0, 0.1) is 0 Å². The van der Waals surface area contributed by atoms with Crippen LogP contribution in [0.25, 0.3) is 0 Å². The van der Waals surface area contributed by atoms with E-state index in [1.807, 2.05) is 24.3 Å². The minimum atomic E-state index is 0.00344. The van der Waals surface area contributed by atoms with Crippen molar-refractivity contribution in [3.8, 4) is 5.75 Å². The van der Waals surface area contributed by atoms with Gasteiger partial charge in [-0.05, 0) is 11.6 Å². The van der Waals surface area contributed by atoms with Crippen LogP contribution in [-0.4, -0.2) is 14.9 Å². The Morgan fingerprint density at radius 2 is 2.13 bits per heavy atom. The number of aromatic nitrogens is 2. The first kappa shape index (κ1) is 10.5. The third kappa shape index (κ3) is 2.16. The van der Waals surface area contributed by atoms with Crippen LogP contribution in [0.5, 0.6) is 5.75 Å². The van der Waals surface area contributed by atoms with Crippen molar-refractivity contribution < 1.29 is 5.11 Å². The van der Waals surface area contributed by atoms with E-state index in [0.717, 1.165) is 10.0 Å². The van der Waals surface area contributed by atoms with E-state index in [4.69, 9.17) is 11.6 Å². The zero-order chi connectivity index (χ0) is 10.8. The molecule has 0 aliphatic carbocycles. The van der Waals surface area contributed by atoms with Crippen molar-refractivity contribution in [2.24, 2.45) is 0 Å². The maximum Gasteiger partial charge on any atom is 0.173 e. The van der Waals surface area contributed by atoms with Crippen molar-refractivity contribution in [1.29, 1.82) is 0 Å². The van der Waals surface area contributed by atoms with Crippen LogP contribution < -0.4 is 0 Å². The van der Waals surface area contributed by atoms with Gasteiger partial charge in [-0.3, -0.25) is 0 Å². The van der Waals surface area contributed by atoms with Gasteiger partial charge < -0.3 is 5.11 Å². The van der Waals surface area contributed by atoms with Crippen molar-refractivity contribution >= 4 is 27.5 Å². The standard InChI is InChI=1S/C10H8BrClN2O/c11-8-4-2-1-3-7(8)6-14-10(12)9(15)5-13-14/h1-5,15H,6H2. The Bertz CT molecular complexity index is 484. The minimum absolute atomic E-state index is 0.00344. The lowest BCUT2D eigenvalue weighted by Gasteiger charge is -2.05. The van der Waals surface area contributed by atoms with E-state index in [1.165, 1.54) is 10.9 Å². The van der Waals surface area contributed by atoms with E-state index in [9.17, 15) is 5.11 Å². The Kier molecular flexibility index (Phi) is 2.98. The molecule has 0 fully saturated rings. The zero-order valence-corrected chi connectivity index (χ0v) is 10.0. The lowest BCUT2D eigenvalue weighted by Crippen LogP contribution is -2.01. The number of benzene rings is 1. The molecule has 1 aromatic carbocycles. The second-order valence-corrected chi connectivity index (χ2v) is 4.28. The Labute approximate surface area is 100 Å². The summed E-state index contributed by atoms with van der Waals surface area (Å²) in [5.41, 5.74) is 1.06. The Morgan fingerprint density at radius 1 is 1.40 bits per heavy atom. The van der Waals surface area contributed by atoms with Crippen molar-refractivity contribution in [1.82, 2.24) is 9.78 Å². The van der Waals surface area contributed by atoms with Gasteiger partial charge in [0.1, 0.15) is 0 Å². The lowest BCUT2D eigenvalue weighted by atomic mass is 10.2. The Morgan fingerprint density at radius 3 is 2.73 bits per heavy atom. The van der Waals surface area contributed by atoms with Gasteiger partial charge in [0.25, 0.3) is 0 Å². The van der Waals surface area contributed by atoms with Gasteiger partial charge in [0.15, 0.2) is 10.9 Å². The van der Waals surface area contributed by atoms with E-state index < -0.39 is 0 Å². The number of halogens is 2. The van der Waals surface area contributed by atoms with Crippen molar-refractivity contribution in [2.75, 3.05) is 0 Å². The number of hydrogen-bond acceptors (Lipinski definition) is 2. The van der Waals surface area contributed by atoms with Crippen LogP contribution in [-0.2, 0) is 6.54 Å². The average molecular weight is 288 g/mol. The highest BCUT2D eigenvalue weighted by molar-refractivity contribution is 9.10. The third-order valence-corrected chi connectivity index (χ3v) is 3.20. The number of rotatable bonds is 2. The summed E-state index contributed by atoms with van der Waals surface area (Å²) in [7, 11) is 0. The summed E-state index contributed by atoms with van der Waals surface area (Å²) < 4.78 is 2.54. The molecule has 0 radical (unpaired) electrons. The normalized spacial score (nSPS) is 10.5. The van der Waals surface area contributed by atoms with E-state index in [0.29, 0.717) is 6.54 Å². The highest BCUT2D eigenvalue weighted by Crippen LogP contribution is 2.24. The van der Waals surface area contributed by atoms with Gasteiger partial charge >= 0.3 is 0 Å². The molecule has 5 heteroatoms. The summed E-state index contributed by atoms with van der Waals surface area (Å²) in [6.07, 6.45) is 1.33. The molecule has 0 spiro atoms. The van der Waals surface area contributed by atoms with E-state index in [2.05, 4.69) is 21.0 Å². The highest BCUT2D eigenvalue weighted by atomic mass is 79.9. The summed E-state index contributed by atoms with van der Waals surface area (Å²) in [6.45, 7) is 0.529. The van der Waals surface area contributed by atoms with Gasteiger partial charge in [-0.2, -0.15) is 5.10 Å². The fourth-order valence-corrected chi connectivity index (χ4v) is 1.82. The molecule has 2 aromatic rings. The summed E-state index contributed by atoms with van der Waals surface area (Å²) in [4.78, 5) is 0. The fourth-order valence-electron chi connectivity index (χ4n) is 1.26. The quantitative estimate of drug-likeness (QED) is 0.922. The van der Waals surface area contributed by atoms with Gasteiger partial charge in [-0.25, -0.2) is 4.68 Å². The molecule has 3 nitrogen and oxygen atoms in total. The number of aromatic hydroxyl groups is 1. The number of nitrogens with zero attached hydrogens (tertiary/aromatic N) is 2. The maximum absolute atomic E-state index is 9.26. The molecule has 0 bridgehead atoms. The summed E-state index contributed by atoms with van der Waals surface area (Å²) in [6, 6.07) is 7.80. The van der Waals surface area contributed by atoms with E-state index >= 15 is 0 Å². The first-order valence-electron chi connectivity index (χ1n) is 4.32. The molecule has 0 aliphatic rings. The van der Waals surface area contributed by atoms with Crippen LogP contribution in [0.15, 0.2) is 34.9 Å². The van der Waals surface area contributed by atoms with Crippen LogP contribution in [0.1, 0.15) is 5.56 Å². The second kappa shape index (κ2) is 4.24. The molecule has 0 unspecified atom stereocenters. The van der Waals surface area contributed by atoms with E-state index in [1.54, 1.807) is 0 Å². The zero-order valence-electron chi connectivity index (χ0n) is 7.69. The SMILES string of the molecule is Oc1cnn(Cc2ccccc2Br)c1Cl. The van der Waals surface area contributed by atoms with Crippen molar-refractivity contribution in [3.05, 3.63) is 45.7 Å². The smallest absolute Gasteiger partial charge is 0.173 e. The molecular formula is C10H8BrClN2O. The highest BCUT2D eigenvalue weighted by Gasteiger charge is 2.08.